The normalized spacial score (nSPS) is 49.3. The summed E-state index contributed by atoms with van der Waals surface area (Å²) in [6.45, 7) is 9.81. The van der Waals surface area contributed by atoms with Crippen LogP contribution in [0.15, 0.2) is 0 Å². The van der Waals surface area contributed by atoms with Crippen molar-refractivity contribution >= 4 is 0 Å². The maximum Gasteiger partial charge on any atom is 0.00925 e. The topological polar surface area (TPSA) is 12.0 Å². The maximum atomic E-state index is 3.56. The van der Waals surface area contributed by atoms with Gasteiger partial charge >= 0.3 is 0 Å². The minimum absolute atomic E-state index is 0.759. The number of nitrogens with one attached hydrogen (secondary N) is 1. The molecule has 7 atom stereocenters. The molecule has 2 fully saturated rings. The van der Waals surface area contributed by atoms with Gasteiger partial charge < -0.3 is 5.32 Å². The molecule has 0 heterocycles. The number of rotatable bonds is 3. The molecule has 0 spiro atoms. The van der Waals surface area contributed by atoms with Crippen molar-refractivity contribution in [3.63, 3.8) is 0 Å². The van der Waals surface area contributed by atoms with Crippen LogP contribution in [0.1, 0.15) is 47.0 Å². The van der Waals surface area contributed by atoms with E-state index in [2.05, 4.69) is 40.1 Å². The van der Waals surface area contributed by atoms with Crippen LogP contribution in [-0.2, 0) is 0 Å². The first-order valence-electron chi connectivity index (χ1n) is 7.29. The molecule has 0 amide bonds. The van der Waals surface area contributed by atoms with E-state index in [-0.39, 0.29) is 0 Å². The van der Waals surface area contributed by atoms with E-state index in [0.29, 0.717) is 0 Å². The average molecular weight is 223 g/mol. The molecule has 1 N–H and O–H groups in total. The highest BCUT2D eigenvalue weighted by molar-refractivity contribution is 5.01. The third-order valence-electron chi connectivity index (χ3n) is 6.09. The van der Waals surface area contributed by atoms with E-state index in [1.165, 1.54) is 19.3 Å². The molecule has 2 aliphatic carbocycles. The van der Waals surface area contributed by atoms with Crippen molar-refractivity contribution in [1.82, 2.24) is 5.32 Å². The summed E-state index contributed by atoms with van der Waals surface area (Å²) in [5, 5.41) is 3.56. The average Bonchev–Trinajstić information content (AvgIpc) is 2.79. The molecule has 0 bridgehead atoms. The zero-order valence-corrected chi connectivity index (χ0v) is 11.7. The predicted molar refractivity (Wildman–Crippen MR) is 70.3 cm³/mol. The molecule has 6 unspecified atom stereocenters. The van der Waals surface area contributed by atoms with E-state index in [0.717, 1.165) is 41.5 Å². The van der Waals surface area contributed by atoms with Crippen molar-refractivity contribution in [2.45, 2.75) is 53.0 Å². The number of fused-ring (bicyclic) bond motifs is 1. The first kappa shape index (κ1) is 12.4. The largest absolute Gasteiger partial charge is 0.317 e. The fourth-order valence-electron chi connectivity index (χ4n) is 4.89. The first-order valence-corrected chi connectivity index (χ1v) is 7.29. The SMILES string of the molecule is CCC(NC)C1CCC2C1C(C)C(C)[C@@H]2C. The van der Waals surface area contributed by atoms with E-state index in [1.54, 1.807) is 0 Å². The standard InChI is InChI=1S/C15H29N/c1-6-14(16-5)13-8-7-12-10(3)9(2)11(4)15(12)13/h9-16H,6-8H2,1-5H3/t9?,10-,11?,12?,13?,14?,15?/m0/s1. The summed E-state index contributed by atoms with van der Waals surface area (Å²) in [6.07, 6.45) is 4.25. The Kier molecular flexibility index (Phi) is 3.63. The van der Waals surface area contributed by atoms with Crippen molar-refractivity contribution in [1.29, 1.82) is 0 Å². The van der Waals surface area contributed by atoms with Crippen LogP contribution >= 0.6 is 0 Å². The van der Waals surface area contributed by atoms with Gasteiger partial charge in [-0.1, -0.05) is 27.7 Å². The van der Waals surface area contributed by atoms with Gasteiger partial charge in [0.05, 0.1) is 0 Å². The van der Waals surface area contributed by atoms with Crippen molar-refractivity contribution in [2.24, 2.45) is 35.5 Å². The highest BCUT2D eigenvalue weighted by Crippen LogP contribution is 2.56. The lowest BCUT2D eigenvalue weighted by Crippen LogP contribution is -2.37. The molecule has 1 nitrogen and oxygen atoms in total. The molecule has 0 aromatic heterocycles. The third kappa shape index (κ3) is 1.72. The van der Waals surface area contributed by atoms with Crippen LogP contribution < -0.4 is 5.32 Å². The van der Waals surface area contributed by atoms with Crippen LogP contribution in [0.25, 0.3) is 0 Å². The van der Waals surface area contributed by atoms with Crippen molar-refractivity contribution in [2.75, 3.05) is 7.05 Å². The van der Waals surface area contributed by atoms with Crippen LogP contribution in [-0.4, -0.2) is 13.1 Å². The van der Waals surface area contributed by atoms with E-state index in [1.807, 2.05) is 0 Å². The number of hydrogen-bond donors (Lipinski definition) is 1. The second-order valence-corrected chi connectivity index (χ2v) is 6.36. The molecule has 2 aliphatic rings. The fourth-order valence-corrected chi connectivity index (χ4v) is 4.89. The zero-order valence-electron chi connectivity index (χ0n) is 11.7. The molecular weight excluding hydrogens is 194 g/mol. The molecule has 1 heteroatoms. The molecule has 2 rings (SSSR count). The lowest BCUT2D eigenvalue weighted by atomic mass is 9.79. The third-order valence-corrected chi connectivity index (χ3v) is 6.09. The van der Waals surface area contributed by atoms with Crippen molar-refractivity contribution in [3.8, 4) is 0 Å². The minimum Gasteiger partial charge on any atom is -0.317 e. The lowest BCUT2D eigenvalue weighted by Gasteiger charge is -2.31. The van der Waals surface area contributed by atoms with Gasteiger partial charge in [0.1, 0.15) is 0 Å². The Hall–Kier alpha value is -0.0400. The Morgan fingerprint density at radius 2 is 1.75 bits per heavy atom. The maximum absolute atomic E-state index is 3.56. The quantitative estimate of drug-likeness (QED) is 0.771. The van der Waals surface area contributed by atoms with Crippen LogP contribution in [0.4, 0.5) is 0 Å². The van der Waals surface area contributed by atoms with Gasteiger partial charge in [-0.3, -0.25) is 0 Å². The van der Waals surface area contributed by atoms with E-state index in [4.69, 9.17) is 0 Å². The summed E-state index contributed by atoms with van der Waals surface area (Å²) >= 11 is 0. The van der Waals surface area contributed by atoms with Gasteiger partial charge in [-0.2, -0.15) is 0 Å². The van der Waals surface area contributed by atoms with Gasteiger partial charge in [0, 0.05) is 6.04 Å². The van der Waals surface area contributed by atoms with Crippen molar-refractivity contribution in [3.05, 3.63) is 0 Å². The van der Waals surface area contributed by atoms with Crippen LogP contribution in [0, 0.1) is 35.5 Å². The second-order valence-electron chi connectivity index (χ2n) is 6.36. The molecule has 16 heavy (non-hydrogen) atoms. The molecule has 0 saturated heterocycles. The highest BCUT2D eigenvalue weighted by atomic mass is 14.9. The Labute approximate surface area is 101 Å². The summed E-state index contributed by atoms with van der Waals surface area (Å²) in [5.41, 5.74) is 0. The lowest BCUT2D eigenvalue weighted by molar-refractivity contribution is 0.211. The van der Waals surface area contributed by atoms with Gasteiger partial charge in [-0.15, -0.1) is 0 Å². The summed E-state index contributed by atoms with van der Waals surface area (Å²) < 4.78 is 0. The summed E-state index contributed by atoms with van der Waals surface area (Å²) in [4.78, 5) is 0. The van der Waals surface area contributed by atoms with Gasteiger partial charge in [-0.05, 0) is 61.8 Å². The van der Waals surface area contributed by atoms with Crippen LogP contribution in [0.5, 0.6) is 0 Å². The molecule has 0 aliphatic heterocycles. The summed E-state index contributed by atoms with van der Waals surface area (Å²) in [6, 6.07) is 0.759. The van der Waals surface area contributed by atoms with E-state index < -0.39 is 0 Å². The van der Waals surface area contributed by atoms with E-state index in [9.17, 15) is 0 Å². The number of hydrogen-bond acceptors (Lipinski definition) is 1. The Bertz CT molecular complexity index is 234. The molecule has 2 saturated carbocycles. The highest BCUT2D eigenvalue weighted by Gasteiger charge is 2.51. The molecule has 0 radical (unpaired) electrons. The van der Waals surface area contributed by atoms with Gasteiger partial charge in [0.25, 0.3) is 0 Å². The predicted octanol–water partition coefficient (Wildman–Crippen LogP) is 3.55. The van der Waals surface area contributed by atoms with Crippen LogP contribution in [0.2, 0.25) is 0 Å². The Morgan fingerprint density at radius 1 is 1.06 bits per heavy atom. The Morgan fingerprint density at radius 3 is 2.31 bits per heavy atom. The molecule has 0 aromatic rings. The summed E-state index contributed by atoms with van der Waals surface area (Å²) in [5.74, 6) is 5.81. The Balaban J connectivity index is 2.14. The monoisotopic (exact) mass is 223 g/mol. The minimum atomic E-state index is 0.759. The van der Waals surface area contributed by atoms with Crippen molar-refractivity contribution < 1.29 is 0 Å². The summed E-state index contributed by atoms with van der Waals surface area (Å²) in [7, 11) is 2.15. The smallest absolute Gasteiger partial charge is 0.00925 e. The molecular formula is C15H29N. The van der Waals surface area contributed by atoms with Gasteiger partial charge in [0.2, 0.25) is 0 Å². The molecule has 94 valence electrons. The fraction of sp³-hybridized carbons (Fsp3) is 1.00. The first-order chi connectivity index (χ1) is 7.61. The van der Waals surface area contributed by atoms with Gasteiger partial charge in [-0.25, -0.2) is 0 Å². The van der Waals surface area contributed by atoms with E-state index >= 15 is 0 Å². The zero-order chi connectivity index (χ0) is 11.9. The second kappa shape index (κ2) is 4.68. The van der Waals surface area contributed by atoms with Crippen LogP contribution in [0.3, 0.4) is 0 Å². The molecule has 0 aromatic carbocycles. The van der Waals surface area contributed by atoms with Gasteiger partial charge in [0.15, 0.2) is 0 Å².